The number of anilines is 1. The fourth-order valence-electron chi connectivity index (χ4n) is 3.41. The summed E-state index contributed by atoms with van der Waals surface area (Å²) in [5.74, 6) is 0.662. The van der Waals surface area contributed by atoms with Crippen LogP contribution in [-0.2, 0) is 6.42 Å². The Morgan fingerprint density at radius 3 is 3.00 bits per heavy atom. The van der Waals surface area contributed by atoms with Gasteiger partial charge in [-0.1, -0.05) is 38.5 Å². The first-order valence-electron chi connectivity index (χ1n) is 8.30. The lowest BCUT2D eigenvalue weighted by Crippen LogP contribution is -2.34. The molecule has 22 heavy (non-hydrogen) atoms. The third-order valence-electron chi connectivity index (χ3n) is 4.60. The molecule has 6 heteroatoms. The summed E-state index contributed by atoms with van der Waals surface area (Å²) >= 11 is 1.54. The van der Waals surface area contributed by atoms with Gasteiger partial charge in [-0.15, -0.1) is 5.10 Å². The number of hydrogen-bond donors (Lipinski definition) is 0. The van der Waals surface area contributed by atoms with Crippen LogP contribution in [0.2, 0.25) is 0 Å². The monoisotopic (exact) mass is 320 g/mol. The summed E-state index contributed by atoms with van der Waals surface area (Å²) in [7, 11) is 0. The Kier molecular flexibility index (Phi) is 4.47. The summed E-state index contributed by atoms with van der Waals surface area (Å²) in [5, 5.41) is 5.50. The molecule has 1 fully saturated rings. The van der Waals surface area contributed by atoms with Crippen molar-refractivity contribution in [3.63, 3.8) is 0 Å². The molecule has 1 saturated heterocycles. The van der Waals surface area contributed by atoms with Gasteiger partial charge in [-0.3, -0.25) is 4.79 Å². The molecular weight excluding hydrogens is 296 g/mol. The van der Waals surface area contributed by atoms with E-state index in [1.165, 1.54) is 30.2 Å². The Morgan fingerprint density at radius 2 is 2.27 bits per heavy atom. The fraction of sp³-hybridized carbons (Fsp3) is 0.688. The Morgan fingerprint density at radius 1 is 1.45 bits per heavy atom. The number of fused-ring (bicyclic) bond motifs is 1. The van der Waals surface area contributed by atoms with E-state index in [2.05, 4.69) is 28.8 Å². The van der Waals surface area contributed by atoms with Crippen LogP contribution in [0.15, 0.2) is 10.9 Å². The SMILES string of the molecule is CCCC(C)C1CCCN1c1nn2c(=O)cc(CC)nc2s1. The molecule has 2 aromatic rings. The highest BCUT2D eigenvalue weighted by atomic mass is 32.1. The molecule has 3 heterocycles. The molecule has 1 aliphatic heterocycles. The normalized spacial score (nSPS) is 20.0. The van der Waals surface area contributed by atoms with Crippen LogP contribution in [0.5, 0.6) is 0 Å². The van der Waals surface area contributed by atoms with E-state index < -0.39 is 0 Å². The topological polar surface area (TPSA) is 50.5 Å². The first-order valence-corrected chi connectivity index (χ1v) is 9.12. The van der Waals surface area contributed by atoms with Crippen LogP contribution in [0.1, 0.15) is 52.1 Å². The van der Waals surface area contributed by atoms with Crippen molar-refractivity contribution in [1.82, 2.24) is 14.6 Å². The van der Waals surface area contributed by atoms with E-state index in [1.54, 1.807) is 17.4 Å². The van der Waals surface area contributed by atoms with Crippen molar-refractivity contribution in [1.29, 1.82) is 0 Å². The maximum atomic E-state index is 12.2. The predicted octanol–water partition coefficient (Wildman–Crippen LogP) is 3.12. The smallest absolute Gasteiger partial charge is 0.275 e. The van der Waals surface area contributed by atoms with Gasteiger partial charge in [0.25, 0.3) is 5.56 Å². The molecule has 5 nitrogen and oxygen atoms in total. The number of nitrogens with zero attached hydrogens (tertiary/aromatic N) is 4. The molecule has 0 amide bonds. The molecule has 0 aromatic carbocycles. The van der Waals surface area contributed by atoms with Gasteiger partial charge < -0.3 is 4.90 Å². The second kappa shape index (κ2) is 6.36. The Hall–Kier alpha value is -1.43. The molecule has 0 N–H and O–H groups in total. The zero-order valence-electron chi connectivity index (χ0n) is 13.6. The summed E-state index contributed by atoms with van der Waals surface area (Å²) in [6.45, 7) is 7.62. The van der Waals surface area contributed by atoms with Crippen LogP contribution in [0, 0.1) is 5.92 Å². The Bertz CT molecular complexity index is 708. The third kappa shape index (κ3) is 2.76. The summed E-state index contributed by atoms with van der Waals surface area (Å²) in [5.41, 5.74) is 0.777. The maximum Gasteiger partial charge on any atom is 0.275 e. The van der Waals surface area contributed by atoms with Gasteiger partial charge >= 0.3 is 0 Å². The van der Waals surface area contributed by atoms with Crippen molar-refractivity contribution in [2.24, 2.45) is 5.92 Å². The van der Waals surface area contributed by atoms with Crippen molar-refractivity contribution < 1.29 is 0 Å². The predicted molar refractivity (Wildman–Crippen MR) is 91.0 cm³/mol. The van der Waals surface area contributed by atoms with Crippen LogP contribution in [-0.4, -0.2) is 27.2 Å². The molecule has 2 unspecified atom stereocenters. The van der Waals surface area contributed by atoms with Crippen LogP contribution in [0.4, 0.5) is 5.13 Å². The minimum atomic E-state index is -0.0679. The van der Waals surface area contributed by atoms with E-state index in [-0.39, 0.29) is 5.56 Å². The molecule has 0 saturated carbocycles. The average molecular weight is 320 g/mol. The Balaban J connectivity index is 1.95. The quantitative estimate of drug-likeness (QED) is 0.849. The van der Waals surface area contributed by atoms with Crippen LogP contribution in [0.3, 0.4) is 0 Å². The number of aromatic nitrogens is 3. The minimum absolute atomic E-state index is 0.0679. The van der Waals surface area contributed by atoms with Gasteiger partial charge in [0.15, 0.2) is 0 Å². The molecule has 0 aliphatic carbocycles. The van der Waals surface area contributed by atoms with Gasteiger partial charge in [0.2, 0.25) is 10.1 Å². The molecular formula is C16H24N4OS. The third-order valence-corrected chi connectivity index (χ3v) is 5.54. The van der Waals surface area contributed by atoms with Gasteiger partial charge in [0, 0.05) is 24.3 Å². The van der Waals surface area contributed by atoms with Gasteiger partial charge in [-0.2, -0.15) is 4.52 Å². The van der Waals surface area contributed by atoms with Crippen LogP contribution >= 0.6 is 11.3 Å². The second-order valence-electron chi connectivity index (χ2n) is 6.19. The molecule has 0 bridgehead atoms. The van der Waals surface area contributed by atoms with E-state index in [0.717, 1.165) is 23.8 Å². The molecule has 120 valence electrons. The van der Waals surface area contributed by atoms with Gasteiger partial charge in [0.05, 0.1) is 0 Å². The number of rotatable bonds is 5. The lowest BCUT2D eigenvalue weighted by Gasteiger charge is -2.28. The molecule has 2 aromatic heterocycles. The maximum absolute atomic E-state index is 12.2. The lowest BCUT2D eigenvalue weighted by atomic mass is 9.95. The molecule has 0 spiro atoms. The highest BCUT2D eigenvalue weighted by Crippen LogP contribution is 2.33. The molecule has 1 aliphatic rings. The second-order valence-corrected chi connectivity index (χ2v) is 7.12. The van der Waals surface area contributed by atoms with Gasteiger partial charge in [-0.05, 0) is 31.6 Å². The zero-order chi connectivity index (χ0) is 15.7. The van der Waals surface area contributed by atoms with Crippen molar-refractivity contribution >= 4 is 21.4 Å². The highest BCUT2D eigenvalue weighted by Gasteiger charge is 2.31. The summed E-state index contributed by atoms with van der Waals surface area (Å²) < 4.78 is 1.46. The number of aryl methyl sites for hydroxylation is 1. The lowest BCUT2D eigenvalue weighted by molar-refractivity contribution is 0.420. The Labute approximate surface area is 135 Å². The van der Waals surface area contributed by atoms with Crippen molar-refractivity contribution in [2.75, 3.05) is 11.4 Å². The number of hydrogen-bond acceptors (Lipinski definition) is 5. The van der Waals surface area contributed by atoms with Gasteiger partial charge in [0.1, 0.15) is 0 Å². The summed E-state index contributed by atoms with van der Waals surface area (Å²) in [6.07, 6.45) is 5.66. The first-order chi connectivity index (χ1) is 10.6. The largest absolute Gasteiger partial charge is 0.343 e. The van der Waals surface area contributed by atoms with E-state index in [4.69, 9.17) is 0 Å². The molecule has 2 atom stereocenters. The average Bonchev–Trinajstić information content (AvgIpc) is 3.13. The first kappa shape index (κ1) is 15.5. The van der Waals surface area contributed by atoms with E-state index >= 15 is 0 Å². The fourth-order valence-corrected chi connectivity index (χ4v) is 4.42. The zero-order valence-corrected chi connectivity index (χ0v) is 14.4. The molecule has 0 radical (unpaired) electrons. The van der Waals surface area contributed by atoms with Crippen LogP contribution < -0.4 is 10.5 Å². The summed E-state index contributed by atoms with van der Waals surface area (Å²) in [6, 6.07) is 2.14. The van der Waals surface area contributed by atoms with Crippen molar-refractivity contribution in [2.45, 2.75) is 58.9 Å². The van der Waals surface area contributed by atoms with E-state index in [1.807, 2.05) is 6.92 Å². The van der Waals surface area contributed by atoms with E-state index in [0.29, 0.717) is 16.9 Å². The minimum Gasteiger partial charge on any atom is -0.343 e. The van der Waals surface area contributed by atoms with Crippen molar-refractivity contribution in [3.05, 3.63) is 22.1 Å². The van der Waals surface area contributed by atoms with Crippen LogP contribution in [0.25, 0.3) is 4.96 Å². The highest BCUT2D eigenvalue weighted by molar-refractivity contribution is 7.20. The van der Waals surface area contributed by atoms with E-state index in [9.17, 15) is 4.79 Å². The van der Waals surface area contributed by atoms with Crippen molar-refractivity contribution in [3.8, 4) is 0 Å². The van der Waals surface area contributed by atoms with Gasteiger partial charge in [-0.25, -0.2) is 4.98 Å². The molecule has 3 rings (SSSR count). The summed E-state index contributed by atoms with van der Waals surface area (Å²) in [4.78, 5) is 19.8. The standard InChI is InChI=1S/C16H24N4OS/c1-4-7-11(3)13-8-6-9-19(13)16-18-20-14(21)10-12(5-2)17-15(20)22-16/h10-11,13H,4-9H2,1-3H3.